The number of carbonyl (C=O) groups is 1. The van der Waals surface area contributed by atoms with E-state index in [1.807, 2.05) is 4.72 Å². The Kier molecular flexibility index (Phi) is 7.10. The number of carbonyl (C=O) groups excluding carboxylic acids is 1. The Morgan fingerprint density at radius 1 is 1.32 bits per heavy atom. The molecule has 8 nitrogen and oxygen atoms in total. The largest absolute Gasteiger partial charge is 0.431 e. The third-order valence-electron chi connectivity index (χ3n) is 3.78. The van der Waals surface area contributed by atoms with Crippen molar-refractivity contribution in [1.29, 1.82) is 0 Å². The molecule has 0 aliphatic carbocycles. The van der Waals surface area contributed by atoms with Crippen molar-refractivity contribution < 1.29 is 30.8 Å². The summed E-state index contributed by atoms with van der Waals surface area (Å²) in [5.74, 6) is -2.49. The van der Waals surface area contributed by atoms with Crippen LogP contribution in [0.1, 0.15) is 16.1 Å². The summed E-state index contributed by atoms with van der Waals surface area (Å²) in [7, 11) is -3.41. The molecule has 1 heterocycles. The number of rotatable bonds is 6. The first kappa shape index (κ1) is 24.7. The molecule has 0 bridgehead atoms. The predicted molar refractivity (Wildman–Crippen MR) is 106 cm³/mol. The lowest BCUT2D eigenvalue weighted by Gasteiger charge is -2.17. The second-order valence-electron chi connectivity index (χ2n) is 5.90. The maximum atomic E-state index is 14.5. The van der Waals surface area contributed by atoms with Crippen LogP contribution >= 0.6 is 23.8 Å². The molecule has 0 saturated heterocycles. The minimum Gasteiger partial charge on any atom is -0.317 e. The number of alkyl halides is 3. The molecular weight excluding hydrogens is 488 g/mol. The SMILES string of the molecule is C=CCNS(=O)(=O)NC(=O)c1cc(-n2c(=O)cc(C(F)(F)F)n(C)c2=S)c(F)cc1Cl. The van der Waals surface area contributed by atoms with Gasteiger partial charge in [-0.05, 0) is 24.4 Å². The van der Waals surface area contributed by atoms with Gasteiger partial charge in [0.25, 0.3) is 11.5 Å². The van der Waals surface area contributed by atoms with Crippen LogP contribution in [0.15, 0.2) is 35.6 Å². The molecule has 31 heavy (non-hydrogen) atoms. The van der Waals surface area contributed by atoms with Gasteiger partial charge in [-0.2, -0.15) is 26.3 Å². The monoisotopic (exact) mass is 500 g/mol. The van der Waals surface area contributed by atoms with Gasteiger partial charge in [0.1, 0.15) is 11.5 Å². The Bertz CT molecular complexity index is 1290. The van der Waals surface area contributed by atoms with Gasteiger partial charge in [0.2, 0.25) is 0 Å². The number of aromatic nitrogens is 2. The Balaban J connectivity index is 2.65. The van der Waals surface area contributed by atoms with Crippen LogP contribution in [-0.2, 0) is 23.4 Å². The topological polar surface area (TPSA) is 102 Å². The Labute approximate surface area is 182 Å². The Morgan fingerprint density at radius 2 is 1.94 bits per heavy atom. The molecule has 1 aromatic carbocycles. The summed E-state index contributed by atoms with van der Waals surface area (Å²) in [6.45, 7) is 3.09. The zero-order valence-corrected chi connectivity index (χ0v) is 17.8. The van der Waals surface area contributed by atoms with Crippen LogP contribution < -0.4 is 15.0 Å². The van der Waals surface area contributed by atoms with E-state index in [1.54, 1.807) is 4.72 Å². The fourth-order valence-electron chi connectivity index (χ4n) is 2.38. The number of amides is 1. The number of nitrogens with zero attached hydrogens (tertiary/aromatic N) is 2. The van der Waals surface area contributed by atoms with E-state index in [1.165, 1.54) is 6.08 Å². The van der Waals surface area contributed by atoms with Crippen molar-refractivity contribution in [3.8, 4) is 5.69 Å². The van der Waals surface area contributed by atoms with E-state index >= 15 is 0 Å². The average Bonchev–Trinajstić information content (AvgIpc) is 2.63. The summed E-state index contributed by atoms with van der Waals surface area (Å²) in [6.07, 6.45) is -3.70. The van der Waals surface area contributed by atoms with Gasteiger partial charge in [0.05, 0.1) is 16.3 Å². The van der Waals surface area contributed by atoms with Gasteiger partial charge in [-0.1, -0.05) is 17.7 Å². The van der Waals surface area contributed by atoms with Gasteiger partial charge in [0, 0.05) is 19.7 Å². The van der Waals surface area contributed by atoms with Crippen LogP contribution in [0.25, 0.3) is 5.69 Å². The van der Waals surface area contributed by atoms with Gasteiger partial charge < -0.3 is 4.57 Å². The standard InChI is InChI=1S/C16H13ClF4N4O4S2/c1-3-4-22-31(28,29)23-14(27)8-5-11(10(18)6-9(8)17)25-13(26)7-12(16(19,20)21)24(2)15(25)30/h3,5-7,22H,1,4H2,2H3,(H,23,27). The van der Waals surface area contributed by atoms with Crippen molar-refractivity contribution in [3.05, 3.63) is 68.1 Å². The van der Waals surface area contributed by atoms with Crippen molar-refractivity contribution in [2.75, 3.05) is 6.54 Å². The quantitative estimate of drug-likeness (QED) is 0.360. The molecular formula is C16H13ClF4N4O4S2. The smallest absolute Gasteiger partial charge is 0.317 e. The van der Waals surface area contributed by atoms with Crippen LogP contribution in [0.4, 0.5) is 17.6 Å². The Hall–Kier alpha value is -2.55. The maximum absolute atomic E-state index is 14.5. The Morgan fingerprint density at radius 3 is 2.48 bits per heavy atom. The first-order chi connectivity index (χ1) is 14.2. The summed E-state index contributed by atoms with van der Waals surface area (Å²) < 4.78 is 81.0. The summed E-state index contributed by atoms with van der Waals surface area (Å²) >= 11 is 10.7. The number of hydrogen-bond acceptors (Lipinski definition) is 5. The molecule has 1 amide bonds. The van der Waals surface area contributed by atoms with E-state index in [0.29, 0.717) is 21.3 Å². The highest BCUT2D eigenvalue weighted by molar-refractivity contribution is 7.88. The third kappa shape index (κ3) is 5.39. The van der Waals surface area contributed by atoms with Crippen molar-refractivity contribution in [3.63, 3.8) is 0 Å². The highest BCUT2D eigenvalue weighted by Gasteiger charge is 2.34. The number of nitrogens with one attached hydrogen (secondary N) is 2. The zero-order valence-electron chi connectivity index (χ0n) is 15.5. The van der Waals surface area contributed by atoms with Crippen molar-refractivity contribution in [2.45, 2.75) is 6.18 Å². The molecule has 0 atom stereocenters. The average molecular weight is 501 g/mol. The number of halogens is 5. The zero-order chi connectivity index (χ0) is 23.7. The van der Waals surface area contributed by atoms with E-state index in [-0.39, 0.29) is 12.6 Å². The van der Waals surface area contributed by atoms with E-state index in [2.05, 4.69) is 6.58 Å². The van der Waals surface area contributed by atoms with Gasteiger partial charge in [0.15, 0.2) is 4.77 Å². The van der Waals surface area contributed by atoms with Gasteiger partial charge in [-0.3, -0.25) is 14.2 Å². The number of benzene rings is 1. The van der Waals surface area contributed by atoms with E-state index in [0.717, 1.165) is 7.05 Å². The van der Waals surface area contributed by atoms with E-state index in [4.69, 9.17) is 23.8 Å². The molecule has 2 rings (SSSR count). The van der Waals surface area contributed by atoms with Crippen LogP contribution in [-0.4, -0.2) is 30.0 Å². The molecule has 0 fully saturated rings. The second-order valence-corrected chi connectivity index (χ2v) is 8.17. The molecule has 0 saturated carbocycles. The lowest BCUT2D eigenvalue weighted by molar-refractivity contribution is -0.143. The second kappa shape index (κ2) is 8.90. The van der Waals surface area contributed by atoms with Crippen molar-refractivity contribution in [2.24, 2.45) is 7.05 Å². The highest BCUT2D eigenvalue weighted by atomic mass is 35.5. The number of hydrogen-bond donors (Lipinski definition) is 2. The molecule has 15 heteroatoms. The normalized spacial score (nSPS) is 11.9. The van der Waals surface area contributed by atoms with Gasteiger partial charge >= 0.3 is 16.4 Å². The first-order valence-electron chi connectivity index (χ1n) is 8.02. The van der Waals surface area contributed by atoms with Gasteiger partial charge in [-0.25, -0.2) is 9.11 Å². The summed E-state index contributed by atoms with van der Waals surface area (Å²) in [5, 5.41) is -0.520. The first-order valence-corrected chi connectivity index (χ1v) is 10.3. The molecule has 0 spiro atoms. The fraction of sp³-hybridized carbons (Fsp3) is 0.188. The molecule has 0 unspecified atom stereocenters. The summed E-state index contributed by atoms with van der Waals surface area (Å²) in [6, 6.07) is 1.49. The molecule has 0 radical (unpaired) electrons. The lowest BCUT2D eigenvalue weighted by atomic mass is 10.1. The maximum Gasteiger partial charge on any atom is 0.431 e. The van der Waals surface area contributed by atoms with Crippen LogP contribution in [0.3, 0.4) is 0 Å². The molecule has 2 aromatic rings. The molecule has 0 aliphatic rings. The van der Waals surface area contributed by atoms with Crippen molar-refractivity contribution >= 4 is 39.9 Å². The van der Waals surface area contributed by atoms with E-state index in [9.17, 15) is 35.6 Å². The lowest BCUT2D eigenvalue weighted by Crippen LogP contribution is -2.40. The van der Waals surface area contributed by atoms with Crippen LogP contribution in [0.5, 0.6) is 0 Å². The van der Waals surface area contributed by atoms with Crippen LogP contribution in [0, 0.1) is 10.6 Å². The third-order valence-corrected chi connectivity index (χ3v) is 5.55. The highest BCUT2D eigenvalue weighted by Crippen LogP contribution is 2.29. The molecule has 0 aliphatic heterocycles. The van der Waals surface area contributed by atoms with Gasteiger partial charge in [-0.15, -0.1) is 6.58 Å². The molecule has 2 N–H and O–H groups in total. The minimum absolute atomic E-state index is 0.202. The van der Waals surface area contributed by atoms with E-state index < -0.39 is 60.4 Å². The van der Waals surface area contributed by atoms with Crippen molar-refractivity contribution in [1.82, 2.24) is 18.6 Å². The summed E-state index contributed by atoms with van der Waals surface area (Å²) in [4.78, 5) is 24.6. The van der Waals surface area contributed by atoms with Crippen LogP contribution in [0.2, 0.25) is 5.02 Å². The molecule has 168 valence electrons. The molecule has 1 aromatic heterocycles. The summed E-state index contributed by atoms with van der Waals surface area (Å²) in [5.41, 5.74) is -3.98. The fourth-order valence-corrected chi connectivity index (χ4v) is 3.67. The minimum atomic E-state index is -4.91. The predicted octanol–water partition coefficient (Wildman–Crippen LogP) is 2.47.